The fraction of sp³-hybridized carbons (Fsp3) is 0.400. The van der Waals surface area contributed by atoms with Gasteiger partial charge in [-0.2, -0.15) is 0 Å². The highest BCUT2D eigenvalue weighted by molar-refractivity contribution is 5.77. The normalized spacial score (nSPS) is 25.0. The van der Waals surface area contributed by atoms with Crippen LogP contribution in [-0.4, -0.2) is 33.6 Å². The van der Waals surface area contributed by atoms with E-state index in [0.29, 0.717) is 0 Å². The monoisotopic (exact) mass is 338 g/mol. The zero-order chi connectivity index (χ0) is 17.2. The molecule has 5 nitrogen and oxygen atoms in total. The van der Waals surface area contributed by atoms with E-state index in [4.69, 9.17) is 4.74 Å². The molecule has 0 N–H and O–H groups in total. The van der Waals surface area contributed by atoms with E-state index in [-0.39, 0.29) is 36.2 Å². The van der Waals surface area contributed by atoms with Crippen LogP contribution in [0.3, 0.4) is 0 Å². The number of carbonyl (C=O) groups is 1. The van der Waals surface area contributed by atoms with Crippen LogP contribution in [0.5, 0.6) is 5.75 Å². The number of benzene rings is 1. The molecule has 0 spiro atoms. The van der Waals surface area contributed by atoms with Gasteiger partial charge in [-0.15, -0.1) is 0 Å². The van der Waals surface area contributed by atoms with E-state index >= 15 is 0 Å². The minimum atomic E-state index is -0.134. The van der Waals surface area contributed by atoms with Gasteiger partial charge in [0, 0.05) is 37.2 Å². The number of rotatable bonds is 4. The molecule has 2 aliphatic heterocycles. The van der Waals surface area contributed by atoms with Gasteiger partial charge < -0.3 is 14.2 Å². The number of piperidine rings is 1. The third-order valence-electron chi connectivity index (χ3n) is 5.23. The highest BCUT2D eigenvalue weighted by Gasteiger charge is 2.43. The van der Waals surface area contributed by atoms with Gasteiger partial charge in [-0.1, -0.05) is 24.3 Å². The summed E-state index contributed by atoms with van der Waals surface area (Å²) in [6, 6.07) is 15.3. The SMILES string of the molecule is O=C(Cn1ccccc1=O)N1C2CCC1CC(Oc1ccccc1)C2. The lowest BCUT2D eigenvalue weighted by molar-refractivity contribution is -0.137. The standard InChI is InChI=1S/C20H22N2O3/c23-19-8-4-5-11-21(19)14-20(24)22-15-9-10-16(22)13-18(12-15)25-17-6-2-1-3-7-17/h1-8,11,15-16,18H,9-10,12-14H2. The van der Waals surface area contributed by atoms with Gasteiger partial charge in [-0.05, 0) is 31.0 Å². The van der Waals surface area contributed by atoms with Crippen molar-refractivity contribution in [3.8, 4) is 5.75 Å². The Morgan fingerprint density at radius 3 is 2.36 bits per heavy atom. The molecule has 2 fully saturated rings. The van der Waals surface area contributed by atoms with Crippen molar-refractivity contribution in [3.63, 3.8) is 0 Å². The van der Waals surface area contributed by atoms with E-state index in [1.807, 2.05) is 35.2 Å². The van der Waals surface area contributed by atoms with E-state index in [2.05, 4.69) is 0 Å². The molecule has 2 saturated heterocycles. The lowest BCUT2D eigenvalue weighted by Crippen LogP contribution is -2.50. The molecule has 0 aliphatic carbocycles. The van der Waals surface area contributed by atoms with E-state index < -0.39 is 0 Å². The summed E-state index contributed by atoms with van der Waals surface area (Å²) in [5, 5.41) is 0. The molecule has 2 aromatic rings. The predicted molar refractivity (Wildman–Crippen MR) is 94.5 cm³/mol. The predicted octanol–water partition coefficient (Wildman–Crippen LogP) is 2.45. The maximum Gasteiger partial charge on any atom is 0.250 e. The summed E-state index contributed by atoms with van der Waals surface area (Å²) in [5.74, 6) is 0.932. The number of carbonyl (C=O) groups excluding carboxylic acids is 1. The number of nitrogens with zero attached hydrogens (tertiary/aromatic N) is 2. The van der Waals surface area contributed by atoms with Crippen molar-refractivity contribution >= 4 is 5.91 Å². The molecule has 2 bridgehead atoms. The third-order valence-corrected chi connectivity index (χ3v) is 5.23. The summed E-state index contributed by atoms with van der Waals surface area (Å²) in [5.41, 5.74) is -0.134. The minimum absolute atomic E-state index is 0.0407. The first-order valence-electron chi connectivity index (χ1n) is 8.89. The molecule has 1 aromatic carbocycles. The Hall–Kier alpha value is -2.56. The Morgan fingerprint density at radius 2 is 1.68 bits per heavy atom. The highest BCUT2D eigenvalue weighted by Crippen LogP contribution is 2.37. The highest BCUT2D eigenvalue weighted by atomic mass is 16.5. The molecule has 2 aliphatic rings. The van der Waals surface area contributed by atoms with Crippen molar-refractivity contribution in [1.82, 2.24) is 9.47 Å². The van der Waals surface area contributed by atoms with Crippen LogP contribution in [0, 0.1) is 0 Å². The molecule has 3 heterocycles. The van der Waals surface area contributed by atoms with Gasteiger partial charge in [0.2, 0.25) is 5.91 Å². The van der Waals surface area contributed by atoms with Crippen LogP contribution >= 0.6 is 0 Å². The summed E-state index contributed by atoms with van der Waals surface area (Å²) in [7, 11) is 0. The van der Waals surface area contributed by atoms with E-state index in [9.17, 15) is 9.59 Å². The molecule has 4 rings (SSSR count). The maximum atomic E-state index is 12.8. The zero-order valence-corrected chi connectivity index (χ0v) is 14.1. The maximum absolute atomic E-state index is 12.8. The number of hydrogen-bond acceptors (Lipinski definition) is 3. The summed E-state index contributed by atoms with van der Waals surface area (Å²) < 4.78 is 7.59. The minimum Gasteiger partial charge on any atom is -0.490 e. The van der Waals surface area contributed by atoms with Crippen LogP contribution < -0.4 is 10.3 Å². The summed E-state index contributed by atoms with van der Waals surface area (Å²) in [6.07, 6.45) is 5.60. The smallest absolute Gasteiger partial charge is 0.250 e. The summed E-state index contributed by atoms with van der Waals surface area (Å²) >= 11 is 0. The first-order chi connectivity index (χ1) is 12.2. The number of fused-ring (bicyclic) bond motifs is 2. The van der Waals surface area contributed by atoms with Crippen molar-refractivity contribution in [2.75, 3.05) is 0 Å². The molecule has 2 unspecified atom stereocenters. The third kappa shape index (κ3) is 3.31. The van der Waals surface area contributed by atoms with Crippen molar-refractivity contribution in [3.05, 3.63) is 65.1 Å². The van der Waals surface area contributed by atoms with Crippen LogP contribution in [0.25, 0.3) is 0 Å². The molecule has 1 amide bonds. The van der Waals surface area contributed by atoms with Crippen LogP contribution in [0.15, 0.2) is 59.5 Å². The van der Waals surface area contributed by atoms with Crippen LogP contribution in [0.2, 0.25) is 0 Å². The number of aromatic nitrogens is 1. The first kappa shape index (κ1) is 15.9. The first-order valence-corrected chi connectivity index (χ1v) is 8.89. The Balaban J connectivity index is 1.43. The average molecular weight is 338 g/mol. The Labute approximate surface area is 146 Å². The molecule has 1 aromatic heterocycles. The van der Waals surface area contributed by atoms with Gasteiger partial charge in [0.15, 0.2) is 0 Å². The lowest BCUT2D eigenvalue weighted by Gasteiger charge is -2.39. The van der Waals surface area contributed by atoms with Crippen LogP contribution in [0.1, 0.15) is 25.7 Å². The molecule has 0 saturated carbocycles. The van der Waals surface area contributed by atoms with Gasteiger partial charge in [0.1, 0.15) is 18.4 Å². The lowest BCUT2D eigenvalue weighted by atomic mass is 9.99. The Morgan fingerprint density at radius 1 is 1.00 bits per heavy atom. The zero-order valence-electron chi connectivity index (χ0n) is 14.1. The van der Waals surface area contributed by atoms with E-state index in [1.165, 1.54) is 10.6 Å². The second-order valence-electron chi connectivity index (χ2n) is 6.88. The van der Waals surface area contributed by atoms with E-state index in [0.717, 1.165) is 31.4 Å². The molecular weight excluding hydrogens is 316 g/mol. The number of pyridine rings is 1. The van der Waals surface area contributed by atoms with Gasteiger partial charge in [0.05, 0.1) is 0 Å². The quantitative estimate of drug-likeness (QED) is 0.860. The summed E-state index contributed by atoms with van der Waals surface area (Å²) in [4.78, 5) is 26.6. The molecule has 5 heteroatoms. The van der Waals surface area contributed by atoms with Crippen molar-refractivity contribution < 1.29 is 9.53 Å². The Kier molecular flexibility index (Phi) is 4.30. The largest absolute Gasteiger partial charge is 0.490 e. The molecule has 25 heavy (non-hydrogen) atoms. The molecule has 130 valence electrons. The van der Waals surface area contributed by atoms with Gasteiger partial charge in [0.25, 0.3) is 5.56 Å². The van der Waals surface area contributed by atoms with Gasteiger partial charge in [-0.25, -0.2) is 0 Å². The number of hydrogen-bond donors (Lipinski definition) is 0. The molecule has 2 atom stereocenters. The average Bonchev–Trinajstić information content (AvgIpc) is 2.89. The molecular formula is C20H22N2O3. The van der Waals surface area contributed by atoms with Crippen molar-refractivity contribution in [1.29, 1.82) is 0 Å². The topological polar surface area (TPSA) is 51.5 Å². The number of para-hydroxylation sites is 1. The number of ether oxygens (including phenoxy) is 1. The second-order valence-corrected chi connectivity index (χ2v) is 6.88. The number of amides is 1. The summed E-state index contributed by atoms with van der Waals surface area (Å²) in [6.45, 7) is 0.122. The van der Waals surface area contributed by atoms with Gasteiger partial charge >= 0.3 is 0 Å². The van der Waals surface area contributed by atoms with Crippen LogP contribution in [-0.2, 0) is 11.3 Å². The Bertz CT molecular complexity index is 788. The van der Waals surface area contributed by atoms with Gasteiger partial charge in [-0.3, -0.25) is 9.59 Å². The fourth-order valence-electron chi connectivity index (χ4n) is 4.14. The second kappa shape index (κ2) is 6.75. The molecule has 0 radical (unpaired) electrons. The van der Waals surface area contributed by atoms with E-state index in [1.54, 1.807) is 18.3 Å². The fourth-order valence-corrected chi connectivity index (χ4v) is 4.14. The van der Waals surface area contributed by atoms with Crippen molar-refractivity contribution in [2.45, 2.75) is 50.4 Å². The van der Waals surface area contributed by atoms with Crippen LogP contribution in [0.4, 0.5) is 0 Å². The van der Waals surface area contributed by atoms with Crippen molar-refractivity contribution in [2.24, 2.45) is 0 Å².